The van der Waals surface area contributed by atoms with Crippen molar-refractivity contribution in [1.29, 1.82) is 0 Å². The van der Waals surface area contributed by atoms with Gasteiger partial charge in [-0.3, -0.25) is 9.59 Å². The van der Waals surface area contributed by atoms with E-state index in [-0.39, 0.29) is 23.5 Å². The molecule has 2 aliphatic rings. The minimum Gasteiger partial charge on any atom is -0.339 e. The molecule has 1 saturated carbocycles. The Morgan fingerprint density at radius 1 is 0.920 bits per heavy atom. The van der Waals surface area contributed by atoms with Gasteiger partial charge in [0.1, 0.15) is 5.82 Å². The molecule has 1 aromatic carbocycles. The molecule has 1 heterocycles. The van der Waals surface area contributed by atoms with Gasteiger partial charge in [0.15, 0.2) is 0 Å². The third kappa shape index (κ3) is 4.80. The van der Waals surface area contributed by atoms with Crippen LogP contribution in [0.25, 0.3) is 0 Å². The van der Waals surface area contributed by atoms with E-state index in [1.165, 1.54) is 18.6 Å². The van der Waals surface area contributed by atoms with Crippen LogP contribution in [0.2, 0.25) is 0 Å². The van der Waals surface area contributed by atoms with Gasteiger partial charge in [-0.2, -0.15) is 0 Å². The van der Waals surface area contributed by atoms with Crippen molar-refractivity contribution in [2.45, 2.75) is 44.9 Å². The molecule has 0 aromatic heterocycles. The number of aryl methyl sites for hydroxylation is 1. The number of hydrogen-bond acceptors (Lipinski definition) is 2. The zero-order valence-corrected chi connectivity index (χ0v) is 14.8. The van der Waals surface area contributed by atoms with Gasteiger partial charge in [0.2, 0.25) is 11.8 Å². The summed E-state index contributed by atoms with van der Waals surface area (Å²) >= 11 is 0. The normalized spacial score (nSPS) is 19.1. The minimum atomic E-state index is -0.256. The van der Waals surface area contributed by atoms with Crippen molar-refractivity contribution < 1.29 is 14.0 Å². The molecule has 1 saturated heterocycles. The van der Waals surface area contributed by atoms with E-state index in [1.807, 2.05) is 9.80 Å². The number of hydrogen-bond donors (Lipinski definition) is 0. The molecule has 0 radical (unpaired) electrons. The van der Waals surface area contributed by atoms with Crippen molar-refractivity contribution in [2.75, 3.05) is 26.2 Å². The summed E-state index contributed by atoms with van der Waals surface area (Å²) in [7, 11) is 0. The second kappa shape index (κ2) is 8.45. The van der Waals surface area contributed by atoms with Crippen LogP contribution in [-0.4, -0.2) is 47.8 Å². The maximum absolute atomic E-state index is 12.9. The first kappa shape index (κ1) is 17.9. The summed E-state index contributed by atoms with van der Waals surface area (Å²) < 4.78 is 12.9. The fraction of sp³-hybridized carbons (Fsp3) is 0.600. The molecule has 25 heavy (non-hydrogen) atoms. The fourth-order valence-corrected chi connectivity index (χ4v) is 3.84. The molecule has 3 rings (SSSR count). The van der Waals surface area contributed by atoms with Crippen molar-refractivity contribution in [3.05, 3.63) is 35.6 Å². The molecule has 2 amide bonds. The average molecular weight is 346 g/mol. The second-order valence-electron chi connectivity index (χ2n) is 7.17. The lowest BCUT2D eigenvalue weighted by Gasteiger charge is -2.37. The van der Waals surface area contributed by atoms with Gasteiger partial charge in [-0.25, -0.2) is 4.39 Å². The highest BCUT2D eigenvalue weighted by Gasteiger charge is 2.29. The van der Waals surface area contributed by atoms with Gasteiger partial charge in [-0.15, -0.1) is 0 Å². The van der Waals surface area contributed by atoms with E-state index in [0.717, 1.165) is 31.2 Å². The Balaban J connectivity index is 1.42. The summed E-state index contributed by atoms with van der Waals surface area (Å²) in [6, 6.07) is 6.30. The molecule has 0 atom stereocenters. The molecule has 1 aliphatic heterocycles. The highest BCUT2D eigenvalue weighted by molar-refractivity contribution is 5.80. The molecule has 1 aliphatic carbocycles. The number of carbonyl (C=O) groups excluding carboxylic acids is 2. The van der Waals surface area contributed by atoms with Crippen LogP contribution >= 0.6 is 0 Å². The third-order valence-electron chi connectivity index (χ3n) is 5.44. The smallest absolute Gasteiger partial charge is 0.225 e. The summed E-state index contributed by atoms with van der Waals surface area (Å²) in [6.45, 7) is 2.55. The average Bonchev–Trinajstić information content (AvgIpc) is 2.67. The number of carbonyl (C=O) groups is 2. The Hall–Kier alpha value is -1.91. The van der Waals surface area contributed by atoms with Crippen molar-refractivity contribution >= 4 is 11.8 Å². The predicted molar refractivity (Wildman–Crippen MR) is 94.5 cm³/mol. The van der Waals surface area contributed by atoms with Crippen molar-refractivity contribution in [3.8, 4) is 0 Å². The first-order valence-corrected chi connectivity index (χ1v) is 9.44. The van der Waals surface area contributed by atoms with Crippen LogP contribution in [0.15, 0.2) is 24.3 Å². The van der Waals surface area contributed by atoms with Crippen LogP contribution in [-0.2, 0) is 16.0 Å². The van der Waals surface area contributed by atoms with Gasteiger partial charge < -0.3 is 9.80 Å². The predicted octanol–water partition coefficient (Wildman–Crippen LogP) is 3.01. The third-order valence-corrected chi connectivity index (χ3v) is 5.44. The quantitative estimate of drug-likeness (QED) is 0.841. The molecular weight excluding hydrogens is 319 g/mol. The monoisotopic (exact) mass is 346 g/mol. The largest absolute Gasteiger partial charge is 0.339 e. The SMILES string of the molecule is O=C(CCc1ccc(F)cc1)N1CCN(C(=O)C2CCCCC2)CC1. The lowest BCUT2D eigenvalue weighted by atomic mass is 9.88. The zero-order valence-electron chi connectivity index (χ0n) is 14.8. The lowest BCUT2D eigenvalue weighted by Crippen LogP contribution is -2.52. The van der Waals surface area contributed by atoms with Crippen LogP contribution in [0.5, 0.6) is 0 Å². The first-order chi connectivity index (χ1) is 12.1. The van der Waals surface area contributed by atoms with E-state index >= 15 is 0 Å². The standard InChI is InChI=1S/C20H27FN2O2/c21-18-9-6-16(7-10-18)8-11-19(24)22-12-14-23(15-13-22)20(25)17-4-2-1-3-5-17/h6-7,9-10,17H,1-5,8,11-15H2. The van der Waals surface area contributed by atoms with Crippen LogP contribution in [0.3, 0.4) is 0 Å². The van der Waals surface area contributed by atoms with Crippen LogP contribution in [0.4, 0.5) is 4.39 Å². The van der Waals surface area contributed by atoms with Gasteiger partial charge >= 0.3 is 0 Å². The van der Waals surface area contributed by atoms with Gasteiger partial charge in [-0.1, -0.05) is 31.4 Å². The maximum Gasteiger partial charge on any atom is 0.225 e. The second-order valence-corrected chi connectivity index (χ2v) is 7.17. The van der Waals surface area contributed by atoms with Crippen LogP contribution in [0.1, 0.15) is 44.1 Å². The molecule has 2 fully saturated rings. The van der Waals surface area contributed by atoms with E-state index in [9.17, 15) is 14.0 Å². The molecular formula is C20H27FN2O2. The van der Waals surface area contributed by atoms with Crippen molar-refractivity contribution in [2.24, 2.45) is 5.92 Å². The zero-order chi connectivity index (χ0) is 17.6. The fourth-order valence-electron chi connectivity index (χ4n) is 3.84. The molecule has 0 bridgehead atoms. The Bertz CT molecular complexity index is 588. The number of amides is 2. The van der Waals surface area contributed by atoms with Gasteiger partial charge in [0.25, 0.3) is 0 Å². The summed E-state index contributed by atoms with van der Waals surface area (Å²) in [4.78, 5) is 28.7. The van der Waals surface area contributed by atoms with E-state index in [0.29, 0.717) is 39.0 Å². The van der Waals surface area contributed by atoms with Gasteiger partial charge in [-0.05, 0) is 37.0 Å². The molecule has 4 nitrogen and oxygen atoms in total. The molecule has 0 unspecified atom stereocenters. The van der Waals surface area contributed by atoms with E-state index < -0.39 is 0 Å². The first-order valence-electron chi connectivity index (χ1n) is 9.44. The number of nitrogens with zero attached hydrogens (tertiary/aromatic N) is 2. The Kier molecular flexibility index (Phi) is 6.05. The van der Waals surface area contributed by atoms with Crippen molar-refractivity contribution in [1.82, 2.24) is 9.80 Å². The van der Waals surface area contributed by atoms with Crippen LogP contribution in [0, 0.1) is 11.7 Å². The molecule has 1 aromatic rings. The van der Waals surface area contributed by atoms with Crippen LogP contribution < -0.4 is 0 Å². The molecule has 0 N–H and O–H groups in total. The summed E-state index contributed by atoms with van der Waals surface area (Å²) in [5, 5.41) is 0. The Morgan fingerprint density at radius 2 is 1.52 bits per heavy atom. The topological polar surface area (TPSA) is 40.6 Å². The lowest BCUT2D eigenvalue weighted by molar-refractivity contribution is -0.142. The Morgan fingerprint density at radius 3 is 2.16 bits per heavy atom. The Labute approximate surface area is 149 Å². The van der Waals surface area contributed by atoms with E-state index in [4.69, 9.17) is 0 Å². The summed E-state index contributed by atoms with van der Waals surface area (Å²) in [6.07, 6.45) is 6.68. The summed E-state index contributed by atoms with van der Waals surface area (Å²) in [5.74, 6) is 0.357. The van der Waals surface area contributed by atoms with E-state index in [1.54, 1.807) is 12.1 Å². The van der Waals surface area contributed by atoms with Crippen molar-refractivity contribution in [3.63, 3.8) is 0 Å². The highest BCUT2D eigenvalue weighted by Crippen LogP contribution is 2.25. The number of halogens is 1. The van der Waals surface area contributed by atoms with E-state index in [2.05, 4.69) is 0 Å². The molecule has 0 spiro atoms. The maximum atomic E-state index is 12.9. The van der Waals surface area contributed by atoms with Gasteiger partial charge in [0, 0.05) is 38.5 Å². The number of benzene rings is 1. The molecule has 136 valence electrons. The highest BCUT2D eigenvalue weighted by atomic mass is 19.1. The molecule has 5 heteroatoms. The van der Waals surface area contributed by atoms with Gasteiger partial charge in [0.05, 0.1) is 0 Å². The number of rotatable bonds is 4. The minimum absolute atomic E-state index is 0.120. The summed E-state index contributed by atoms with van der Waals surface area (Å²) in [5.41, 5.74) is 0.973. The number of piperazine rings is 1.